The van der Waals surface area contributed by atoms with E-state index >= 15 is 0 Å². The van der Waals surface area contributed by atoms with Gasteiger partial charge >= 0.3 is 0 Å². The first-order chi connectivity index (χ1) is 15.8. The number of halogens is 1. The van der Waals surface area contributed by atoms with E-state index in [0.29, 0.717) is 39.3 Å². The van der Waals surface area contributed by atoms with Gasteiger partial charge in [0.15, 0.2) is 21.3 Å². The van der Waals surface area contributed by atoms with Crippen molar-refractivity contribution in [1.29, 1.82) is 0 Å². The topological polar surface area (TPSA) is 114 Å². The van der Waals surface area contributed by atoms with Crippen molar-refractivity contribution in [3.63, 3.8) is 0 Å². The fourth-order valence-corrected chi connectivity index (χ4v) is 5.11. The zero-order valence-electron chi connectivity index (χ0n) is 17.7. The number of nitrogens with one attached hydrogen (secondary N) is 2. The van der Waals surface area contributed by atoms with Gasteiger partial charge in [0.2, 0.25) is 0 Å². The Morgan fingerprint density at radius 1 is 1.06 bits per heavy atom. The zero-order valence-corrected chi connectivity index (χ0v) is 18.6. The molecule has 10 heteroatoms. The maximum atomic E-state index is 14.1. The lowest BCUT2D eigenvalue weighted by Gasteiger charge is -2.22. The molecular weight excluding hydrogens is 443 g/mol. The number of H-pyrrole nitrogens is 1. The fourth-order valence-electron chi connectivity index (χ4n) is 3.95. The van der Waals surface area contributed by atoms with Gasteiger partial charge in [0.05, 0.1) is 28.5 Å². The SMILES string of the molecule is C[C@H](Nc1ncnc2nc[nH]c12)c1nc2ccc(F)cc2c(S(C)(=O)=O)c1-c1ccccc1. The highest BCUT2D eigenvalue weighted by atomic mass is 32.2. The van der Waals surface area contributed by atoms with Crippen LogP contribution in [0.5, 0.6) is 0 Å². The van der Waals surface area contributed by atoms with Gasteiger partial charge in [-0.05, 0) is 30.7 Å². The molecule has 0 unspecified atom stereocenters. The van der Waals surface area contributed by atoms with Gasteiger partial charge in [-0.15, -0.1) is 0 Å². The van der Waals surface area contributed by atoms with E-state index < -0.39 is 21.7 Å². The van der Waals surface area contributed by atoms with Crippen molar-refractivity contribution in [2.45, 2.75) is 17.9 Å². The van der Waals surface area contributed by atoms with Crippen molar-refractivity contribution >= 4 is 37.7 Å². The van der Waals surface area contributed by atoms with Crippen LogP contribution in [0.1, 0.15) is 18.7 Å². The van der Waals surface area contributed by atoms with E-state index in [9.17, 15) is 12.8 Å². The van der Waals surface area contributed by atoms with Gasteiger partial charge in [-0.3, -0.25) is 0 Å². The molecule has 0 spiro atoms. The molecule has 2 N–H and O–H groups in total. The van der Waals surface area contributed by atoms with E-state index in [-0.39, 0.29) is 10.3 Å². The number of anilines is 1. The van der Waals surface area contributed by atoms with Crippen molar-refractivity contribution < 1.29 is 12.8 Å². The molecule has 2 aromatic carbocycles. The Bertz CT molecular complexity index is 1600. The van der Waals surface area contributed by atoms with E-state index in [2.05, 4.69) is 25.3 Å². The van der Waals surface area contributed by atoms with Crippen LogP contribution in [0.15, 0.2) is 66.1 Å². The van der Waals surface area contributed by atoms with Gasteiger partial charge in [-0.25, -0.2) is 32.7 Å². The van der Waals surface area contributed by atoms with Crippen LogP contribution in [0.3, 0.4) is 0 Å². The van der Waals surface area contributed by atoms with E-state index in [0.717, 1.165) is 6.26 Å². The molecule has 5 rings (SSSR count). The summed E-state index contributed by atoms with van der Waals surface area (Å²) in [6.45, 7) is 1.86. The van der Waals surface area contributed by atoms with Crippen LogP contribution in [0.2, 0.25) is 0 Å². The lowest BCUT2D eigenvalue weighted by molar-refractivity contribution is 0.602. The molecule has 0 fully saturated rings. The molecule has 0 aliphatic heterocycles. The van der Waals surface area contributed by atoms with Gasteiger partial charge in [0.25, 0.3) is 0 Å². The number of aromatic amines is 1. The van der Waals surface area contributed by atoms with Crippen LogP contribution >= 0.6 is 0 Å². The first kappa shape index (κ1) is 21.0. The Kier molecular flexibility index (Phi) is 5.01. The summed E-state index contributed by atoms with van der Waals surface area (Å²) in [6, 6.07) is 12.6. The van der Waals surface area contributed by atoms with Gasteiger partial charge in [0, 0.05) is 17.2 Å². The molecule has 1 atom stereocenters. The molecule has 0 amide bonds. The van der Waals surface area contributed by atoms with E-state index in [4.69, 9.17) is 4.98 Å². The monoisotopic (exact) mass is 462 g/mol. The summed E-state index contributed by atoms with van der Waals surface area (Å²) in [5.74, 6) is -0.0271. The number of nitrogens with zero attached hydrogens (tertiary/aromatic N) is 4. The maximum Gasteiger partial charge on any atom is 0.182 e. The first-order valence-corrected chi connectivity index (χ1v) is 12.0. The number of fused-ring (bicyclic) bond motifs is 2. The standard InChI is InChI=1S/C23H19FN6O2S/c1-13(29-23-20-22(26-11-25-20)27-12-28-23)19-18(14-6-4-3-5-7-14)21(33(2,31)32)16-10-15(24)8-9-17(16)30-19/h3-13H,1-2H3,(H2,25,26,27,28,29)/t13-/m0/s1. The number of imidazole rings is 1. The van der Waals surface area contributed by atoms with E-state index in [1.807, 2.05) is 37.3 Å². The van der Waals surface area contributed by atoms with Crippen molar-refractivity contribution in [2.24, 2.45) is 0 Å². The van der Waals surface area contributed by atoms with Crippen LogP contribution in [0.25, 0.3) is 33.2 Å². The average Bonchev–Trinajstić information content (AvgIpc) is 3.27. The molecule has 3 aromatic heterocycles. The molecule has 0 saturated carbocycles. The molecule has 166 valence electrons. The number of benzene rings is 2. The Hall–Kier alpha value is -3.92. The minimum absolute atomic E-state index is 0.0382. The van der Waals surface area contributed by atoms with Crippen molar-refractivity contribution in [1.82, 2.24) is 24.9 Å². The second-order valence-corrected chi connectivity index (χ2v) is 9.64. The summed E-state index contributed by atoms with van der Waals surface area (Å²) in [5.41, 5.74) is 3.08. The third kappa shape index (κ3) is 3.78. The van der Waals surface area contributed by atoms with Crippen molar-refractivity contribution in [2.75, 3.05) is 11.6 Å². The normalized spacial score (nSPS) is 12.8. The van der Waals surface area contributed by atoms with Gasteiger partial charge in [-0.2, -0.15) is 0 Å². The molecular formula is C23H19FN6O2S. The van der Waals surface area contributed by atoms with E-state index in [1.165, 1.54) is 30.9 Å². The highest BCUT2D eigenvalue weighted by Crippen LogP contribution is 2.39. The third-order valence-corrected chi connectivity index (χ3v) is 6.51. The summed E-state index contributed by atoms with van der Waals surface area (Å²) >= 11 is 0. The molecule has 3 heterocycles. The summed E-state index contributed by atoms with van der Waals surface area (Å²) in [5, 5.41) is 3.54. The summed E-state index contributed by atoms with van der Waals surface area (Å²) in [7, 11) is -3.76. The van der Waals surface area contributed by atoms with Crippen LogP contribution < -0.4 is 5.32 Å². The second kappa shape index (κ2) is 7.89. The Labute approximate surface area is 188 Å². The average molecular weight is 463 g/mol. The predicted octanol–water partition coefficient (Wildman–Crippen LogP) is 4.28. The summed E-state index contributed by atoms with van der Waals surface area (Å²) in [6.07, 6.45) is 4.05. The number of rotatable bonds is 5. The molecule has 0 bridgehead atoms. The molecule has 33 heavy (non-hydrogen) atoms. The van der Waals surface area contributed by atoms with Crippen molar-refractivity contribution in [3.05, 3.63) is 72.7 Å². The smallest absolute Gasteiger partial charge is 0.182 e. The lowest BCUT2D eigenvalue weighted by atomic mass is 9.98. The predicted molar refractivity (Wildman–Crippen MR) is 124 cm³/mol. The highest BCUT2D eigenvalue weighted by Gasteiger charge is 2.27. The first-order valence-electron chi connectivity index (χ1n) is 10.1. The fraction of sp³-hybridized carbons (Fsp3) is 0.130. The largest absolute Gasteiger partial charge is 0.360 e. The molecule has 8 nitrogen and oxygen atoms in total. The minimum atomic E-state index is -3.76. The number of hydrogen-bond acceptors (Lipinski definition) is 7. The van der Waals surface area contributed by atoms with Gasteiger partial charge < -0.3 is 10.3 Å². The Morgan fingerprint density at radius 2 is 1.85 bits per heavy atom. The lowest BCUT2D eigenvalue weighted by Crippen LogP contribution is -2.15. The number of pyridine rings is 1. The van der Waals surface area contributed by atoms with E-state index in [1.54, 1.807) is 0 Å². The number of hydrogen-bond donors (Lipinski definition) is 2. The van der Waals surface area contributed by atoms with Crippen LogP contribution in [0.4, 0.5) is 10.2 Å². The molecule has 0 aliphatic carbocycles. The quantitative estimate of drug-likeness (QED) is 0.401. The second-order valence-electron chi connectivity index (χ2n) is 7.69. The van der Waals surface area contributed by atoms with Crippen molar-refractivity contribution in [3.8, 4) is 11.1 Å². The molecule has 0 radical (unpaired) electrons. The third-order valence-electron chi connectivity index (χ3n) is 5.35. The van der Waals surface area contributed by atoms with Crippen LogP contribution in [-0.2, 0) is 9.84 Å². The van der Waals surface area contributed by atoms with Crippen LogP contribution in [0, 0.1) is 5.82 Å². The maximum absolute atomic E-state index is 14.1. The number of sulfone groups is 1. The number of aromatic nitrogens is 5. The minimum Gasteiger partial charge on any atom is -0.360 e. The van der Waals surface area contributed by atoms with Gasteiger partial charge in [-0.1, -0.05) is 30.3 Å². The Morgan fingerprint density at radius 3 is 2.61 bits per heavy atom. The molecule has 5 aromatic rings. The zero-order chi connectivity index (χ0) is 23.2. The summed E-state index contributed by atoms with van der Waals surface area (Å²) < 4.78 is 40.2. The highest BCUT2D eigenvalue weighted by molar-refractivity contribution is 7.91. The molecule has 0 saturated heterocycles. The molecule has 0 aliphatic rings. The summed E-state index contributed by atoms with van der Waals surface area (Å²) in [4.78, 5) is 20.4. The van der Waals surface area contributed by atoms with Gasteiger partial charge in [0.1, 0.15) is 17.7 Å². The Balaban J connectivity index is 1.79. The van der Waals surface area contributed by atoms with Crippen LogP contribution in [-0.4, -0.2) is 39.6 Å².